The Morgan fingerprint density at radius 2 is 1.81 bits per heavy atom. The van der Waals surface area contributed by atoms with Crippen molar-refractivity contribution in [2.75, 3.05) is 11.9 Å². The third-order valence-electron chi connectivity index (χ3n) is 5.11. The number of benzene rings is 3. The molecule has 4 rings (SSSR count). The highest BCUT2D eigenvalue weighted by Gasteiger charge is 2.13. The lowest BCUT2D eigenvalue weighted by atomic mass is 10.1. The van der Waals surface area contributed by atoms with Crippen LogP contribution in [0.3, 0.4) is 0 Å². The van der Waals surface area contributed by atoms with Crippen LogP contribution in [0.1, 0.15) is 23.6 Å². The van der Waals surface area contributed by atoms with Gasteiger partial charge < -0.3 is 14.5 Å². The lowest BCUT2D eigenvalue weighted by molar-refractivity contribution is -0.118. The van der Waals surface area contributed by atoms with Gasteiger partial charge >= 0.3 is 0 Å². The smallest absolute Gasteiger partial charge is 0.262 e. The van der Waals surface area contributed by atoms with E-state index in [9.17, 15) is 4.79 Å². The van der Waals surface area contributed by atoms with Crippen molar-refractivity contribution in [1.82, 2.24) is 4.98 Å². The standard InChI is InChI=1S/C25H22BrClN2O3/c1-4-16-11-20(26)24-21(12-16)29-25(32-24)17-5-7-18(8-6-17)28-22(30)13-31-19-9-14(2)23(27)15(3)10-19/h5-12H,4,13H2,1-3H3,(H,28,30). The number of hydrogen-bond donors (Lipinski definition) is 1. The Balaban J connectivity index is 1.42. The molecule has 0 atom stereocenters. The monoisotopic (exact) mass is 512 g/mol. The van der Waals surface area contributed by atoms with E-state index in [2.05, 4.69) is 33.2 Å². The Morgan fingerprint density at radius 1 is 1.12 bits per heavy atom. The molecule has 5 nitrogen and oxygen atoms in total. The minimum Gasteiger partial charge on any atom is -0.484 e. The highest BCUT2D eigenvalue weighted by molar-refractivity contribution is 9.10. The summed E-state index contributed by atoms with van der Waals surface area (Å²) in [5.74, 6) is 0.896. The number of oxazole rings is 1. The fraction of sp³-hybridized carbons (Fsp3) is 0.200. The minimum atomic E-state index is -0.249. The average molecular weight is 514 g/mol. The van der Waals surface area contributed by atoms with Gasteiger partial charge in [0.05, 0.1) is 4.47 Å². The summed E-state index contributed by atoms with van der Waals surface area (Å²) < 4.78 is 12.4. The molecular weight excluding hydrogens is 492 g/mol. The maximum atomic E-state index is 12.3. The molecule has 4 aromatic rings. The summed E-state index contributed by atoms with van der Waals surface area (Å²) >= 11 is 9.73. The fourth-order valence-electron chi connectivity index (χ4n) is 3.41. The van der Waals surface area contributed by atoms with E-state index in [1.807, 2.05) is 62.4 Å². The van der Waals surface area contributed by atoms with Crippen LogP contribution in [0.25, 0.3) is 22.6 Å². The second-order valence-corrected chi connectivity index (χ2v) is 8.82. The lowest BCUT2D eigenvalue weighted by Crippen LogP contribution is -2.20. The number of amides is 1. The number of nitrogens with zero attached hydrogens (tertiary/aromatic N) is 1. The normalized spacial score (nSPS) is 11.0. The molecule has 0 radical (unpaired) electrons. The SMILES string of the molecule is CCc1cc(Br)c2oc(-c3ccc(NC(=O)COc4cc(C)c(Cl)c(C)c4)cc3)nc2c1. The molecule has 0 aliphatic carbocycles. The summed E-state index contributed by atoms with van der Waals surface area (Å²) in [5, 5.41) is 3.54. The van der Waals surface area contributed by atoms with Crippen LogP contribution in [0.4, 0.5) is 5.69 Å². The summed E-state index contributed by atoms with van der Waals surface area (Å²) in [6, 6.07) is 15.1. The van der Waals surface area contributed by atoms with Gasteiger partial charge in [-0.05, 0) is 101 Å². The highest BCUT2D eigenvalue weighted by Crippen LogP contribution is 2.31. The maximum absolute atomic E-state index is 12.3. The molecular formula is C25H22BrClN2O3. The van der Waals surface area contributed by atoms with E-state index in [4.69, 9.17) is 20.8 Å². The first-order chi connectivity index (χ1) is 15.3. The van der Waals surface area contributed by atoms with Crippen molar-refractivity contribution in [1.29, 1.82) is 0 Å². The summed E-state index contributed by atoms with van der Waals surface area (Å²) in [6.07, 6.45) is 0.923. The second kappa shape index (κ2) is 9.35. The number of aryl methyl sites for hydroxylation is 3. The molecule has 0 bridgehead atoms. The minimum absolute atomic E-state index is 0.0961. The number of anilines is 1. The zero-order valence-electron chi connectivity index (χ0n) is 18.0. The molecule has 0 spiro atoms. The number of ether oxygens (including phenoxy) is 1. The number of aromatic nitrogens is 1. The predicted molar refractivity (Wildman–Crippen MR) is 132 cm³/mol. The Bertz CT molecular complexity index is 1280. The number of rotatable bonds is 6. The van der Waals surface area contributed by atoms with Gasteiger partial charge in [-0.25, -0.2) is 4.98 Å². The summed E-state index contributed by atoms with van der Waals surface area (Å²) in [5.41, 5.74) is 6.04. The Kier molecular flexibility index (Phi) is 6.53. The summed E-state index contributed by atoms with van der Waals surface area (Å²) in [6.45, 7) is 5.82. The van der Waals surface area contributed by atoms with E-state index in [1.54, 1.807) is 0 Å². The van der Waals surface area contributed by atoms with Crippen LogP contribution in [0, 0.1) is 13.8 Å². The van der Waals surface area contributed by atoms with Gasteiger partial charge in [-0.15, -0.1) is 0 Å². The molecule has 0 unspecified atom stereocenters. The van der Waals surface area contributed by atoms with Crippen LogP contribution < -0.4 is 10.1 Å². The van der Waals surface area contributed by atoms with Crippen molar-refractivity contribution < 1.29 is 13.9 Å². The molecule has 1 aromatic heterocycles. The number of carbonyl (C=O) groups is 1. The van der Waals surface area contributed by atoms with Crippen molar-refractivity contribution in [3.05, 3.63) is 74.7 Å². The van der Waals surface area contributed by atoms with E-state index in [0.717, 1.165) is 38.7 Å². The van der Waals surface area contributed by atoms with Crippen molar-refractivity contribution in [3.63, 3.8) is 0 Å². The predicted octanol–water partition coefficient (Wildman–Crippen LogP) is 7.11. The van der Waals surface area contributed by atoms with E-state index in [-0.39, 0.29) is 12.5 Å². The largest absolute Gasteiger partial charge is 0.484 e. The van der Waals surface area contributed by atoms with Gasteiger partial charge in [-0.1, -0.05) is 18.5 Å². The van der Waals surface area contributed by atoms with Crippen LogP contribution in [0.2, 0.25) is 5.02 Å². The Morgan fingerprint density at radius 3 is 2.47 bits per heavy atom. The molecule has 7 heteroatoms. The van der Waals surface area contributed by atoms with E-state index >= 15 is 0 Å². The van der Waals surface area contributed by atoms with Crippen LogP contribution in [0.5, 0.6) is 5.75 Å². The molecule has 0 aliphatic rings. The van der Waals surface area contributed by atoms with Crippen molar-refractivity contribution in [3.8, 4) is 17.2 Å². The maximum Gasteiger partial charge on any atom is 0.262 e. The lowest BCUT2D eigenvalue weighted by Gasteiger charge is -2.10. The second-order valence-electron chi connectivity index (χ2n) is 7.58. The van der Waals surface area contributed by atoms with Gasteiger partial charge in [0.15, 0.2) is 12.2 Å². The molecule has 3 aromatic carbocycles. The molecule has 1 amide bonds. The van der Waals surface area contributed by atoms with Gasteiger partial charge in [0.25, 0.3) is 5.91 Å². The van der Waals surface area contributed by atoms with Gasteiger partial charge in [0.2, 0.25) is 5.89 Å². The third kappa shape index (κ3) is 4.81. The van der Waals surface area contributed by atoms with Crippen molar-refractivity contribution in [2.24, 2.45) is 0 Å². The summed E-state index contributed by atoms with van der Waals surface area (Å²) in [7, 11) is 0. The number of nitrogens with one attached hydrogen (secondary N) is 1. The quantitative estimate of drug-likeness (QED) is 0.298. The number of halogens is 2. The first-order valence-corrected chi connectivity index (χ1v) is 11.4. The van der Waals surface area contributed by atoms with Gasteiger partial charge in [0, 0.05) is 16.3 Å². The molecule has 1 N–H and O–H groups in total. The fourth-order valence-corrected chi connectivity index (χ4v) is 4.09. The van der Waals surface area contributed by atoms with E-state index in [0.29, 0.717) is 22.4 Å². The van der Waals surface area contributed by atoms with Gasteiger partial charge in [-0.3, -0.25) is 4.79 Å². The van der Waals surface area contributed by atoms with Gasteiger partial charge in [-0.2, -0.15) is 0 Å². The van der Waals surface area contributed by atoms with Crippen molar-refractivity contribution >= 4 is 50.2 Å². The van der Waals surface area contributed by atoms with Crippen molar-refractivity contribution in [2.45, 2.75) is 27.2 Å². The van der Waals surface area contributed by atoms with Crippen LogP contribution in [0.15, 0.2) is 57.4 Å². The zero-order valence-corrected chi connectivity index (χ0v) is 20.3. The van der Waals surface area contributed by atoms with Crippen LogP contribution >= 0.6 is 27.5 Å². The molecule has 1 heterocycles. The van der Waals surface area contributed by atoms with E-state index < -0.39 is 0 Å². The average Bonchev–Trinajstić information content (AvgIpc) is 3.21. The third-order valence-corrected chi connectivity index (χ3v) is 6.29. The zero-order chi connectivity index (χ0) is 22.8. The highest BCUT2D eigenvalue weighted by atomic mass is 79.9. The number of fused-ring (bicyclic) bond motifs is 1. The molecule has 0 aliphatic heterocycles. The van der Waals surface area contributed by atoms with E-state index in [1.165, 1.54) is 5.56 Å². The van der Waals surface area contributed by atoms with Crippen LogP contribution in [-0.4, -0.2) is 17.5 Å². The molecule has 32 heavy (non-hydrogen) atoms. The molecule has 0 saturated carbocycles. The number of hydrogen-bond acceptors (Lipinski definition) is 4. The van der Waals surface area contributed by atoms with Crippen LogP contribution in [-0.2, 0) is 11.2 Å². The Hall–Kier alpha value is -2.83. The van der Waals surface area contributed by atoms with Gasteiger partial charge in [0.1, 0.15) is 11.3 Å². The summed E-state index contributed by atoms with van der Waals surface area (Å²) in [4.78, 5) is 16.9. The first kappa shape index (κ1) is 22.4. The topological polar surface area (TPSA) is 64.4 Å². The first-order valence-electron chi connectivity index (χ1n) is 10.2. The molecule has 164 valence electrons. The Labute approximate surface area is 199 Å². The molecule has 0 fully saturated rings. The number of carbonyl (C=O) groups excluding carboxylic acids is 1. The molecule has 0 saturated heterocycles.